The van der Waals surface area contributed by atoms with Crippen LogP contribution in [0.3, 0.4) is 0 Å². The molecule has 11 nitrogen and oxygen atoms in total. The highest BCUT2D eigenvalue weighted by Crippen LogP contribution is 2.45. The predicted molar refractivity (Wildman–Crippen MR) is 145 cm³/mol. The maximum absolute atomic E-state index is 14.2. The molecule has 0 bridgehead atoms. The number of rotatable bonds is 6. The van der Waals surface area contributed by atoms with Crippen LogP contribution in [-0.2, 0) is 4.79 Å². The van der Waals surface area contributed by atoms with Crippen LogP contribution in [-0.4, -0.2) is 63.2 Å². The van der Waals surface area contributed by atoms with Gasteiger partial charge in [-0.1, -0.05) is 23.7 Å². The summed E-state index contributed by atoms with van der Waals surface area (Å²) in [5.41, 5.74) is 1.83. The number of H-pyrrole nitrogens is 1. The van der Waals surface area contributed by atoms with Crippen molar-refractivity contribution in [3.05, 3.63) is 92.8 Å². The summed E-state index contributed by atoms with van der Waals surface area (Å²) >= 11 is 6.16. The number of carbonyl (C=O) groups excluding carboxylic acids is 2. The number of hydrogen-bond donors (Lipinski definition) is 2. The summed E-state index contributed by atoms with van der Waals surface area (Å²) in [6, 6.07) is 13.6. The molecule has 2 N–H and O–H groups in total. The molecular formula is C27H27ClN6O5. The molecule has 1 fully saturated rings. The SMILES string of the molecule is CC(C)Oc1cc([N+](=O)[O-])ccc1C1=NC(c2ccc(Cl)cc2)C(c2ccc[nH]2)N1C(=O)N1CCNC(=O)C1. The summed E-state index contributed by atoms with van der Waals surface area (Å²) in [5.74, 6) is 0.266. The Bertz CT molecular complexity index is 1420. The number of nitrogens with zero attached hydrogens (tertiary/aromatic N) is 4. The molecule has 0 spiro atoms. The average molecular weight is 551 g/mol. The van der Waals surface area contributed by atoms with Gasteiger partial charge in [0.05, 0.1) is 22.7 Å². The van der Waals surface area contributed by atoms with E-state index in [-0.39, 0.29) is 35.8 Å². The minimum atomic E-state index is -0.601. The highest BCUT2D eigenvalue weighted by Gasteiger charge is 2.45. The van der Waals surface area contributed by atoms with E-state index in [1.54, 1.807) is 29.3 Å². The quantitative estimate of drug-likeness (QED) is 0.345. The summed E-state index contributed by atoms with van der Waals surface area (Å²) in [4.78, 5) is 48.7. The number of hydrogen-bond acceptors (Lipinski definition) is 6. The minimum Gasteiger partial charge on any atom is -0.490 e. The maximum Gasteiger partial charge on any atom is 0.326 e. The van der Waals surface area contributed by atoms with E-state index in [0.29, 0.717) is 23.7 Å². The van der Waals surface area contributed by atoms with Gasteiger partial charge in [0.25, 0.3) is 5.69 Å². The Morgan fingerprint density at radius 2 is 1.97 bits per heavy atom. The number of carbonyl (C=O) groups is 2. The van der Waals surface area contributed by atoms with Crippen molar-refractivity contribution < 1.29 is 19.2 Å². The number of amidine groups is 1. The molecule has 2 aliphatic rings. The molecule has 1 saturated heterocycles. The monoisotopic (exact) mass is 550 g/mol. The summed E-state index contributed by atoms with van der Waals surface area (Å²) in [7, 11) is 0. The zero-order valence-electron chi connectivity index (χ0n) is 21.3. The molecular weight excluding hydrogens is 524 g/mol. The summed E-state index contributed by atoms with van der Waals surface area (Å²) < 4.78 is 6.00. The number of urea groups is 1. The number of nitro groups is 1. The van der Waals surface area contributed by atoms with Gasteiger partial charge in [0, 0.05) is 36.1 Å². The van der Waals surface area contributed by atoms with Gasteiger partial charge in [-0.3, -0.25) is 24.8 Å². The highest BCUT2D eigenvalue weighted by molar-refractivity contribution is 6.30. The maximum atomic E-state index is 14.2. The topological polar surface area (TPSA) is 133 Å². The third-order valence-corrected chi connectivity index (χ3v) is 6.77. The van der Waals surface area contributed by atoms with Crippen LogP contribution in [0, 0.1) is 10.1 Å². The van der Waals surface area contributed by atoms with Crippen molar-refractivity contribution in [3.8, 4) is 5.75 Å². The van der Waals surface area contributed by atoms with Crippen molar-refractivity contribution >= 4 is 35.1 Å². The van der Waals surface area contributed by atoms with E-state index < -0.39 is 23.0 Å². The zero-order chi connectivity index (χ0) is 27.7. The van der Waals surface area contributed by atoms with Crippen LogP contribution in [0.4, 0.5) is 10.5 Å². The number of non-ortho nitro benzene ring substituents is 1. The summed E-state index contributed by atoms with van der Waals surface area (Å²) in [6.45, 7) is 4.19. The van der Waals surface area contributed by atoms with Gasteiger partial charge in [-0.15, -0.1) is 0 Å². The van der Waals surface area contributed by atoms with Gasteiger partial charge in [-0.25, -0.2) is 4.79 Å². The van der Waals surface area contributed by atoms with Gasteiger partial charge in [-0.2, -0.15) is 0 Å². The van der Waals surface area contributed by atoms with Crippen LogP contribution in [0.25, 0.3) is 0 Å². The van der Waals surface area contributed by atoms with E-state index in [0.717, 1.165) is 11.3 Å². The lowest BCUT2D eigenvalue weighted by atomic mass is 9.97. The van der Waals surface area contributed by atoms with E-state index in [4.69, 9.17) is 21.3 Å². The first-order valence-corrected chi connectivity index (χ1v) is 12.9. The van der Waals surface area contributed by atoms with E-state index in [2.05, 4.69) is 10.3 Å². The molecule has 39 heavy (non-hydrogen) atoms. The van der Waals surface area contributed by atoms with E-state index in [9.17, 15) is 19.7 Å². The van der Waals surface area contributed by atoms with Crippen molar-refractivity contribution in [2.24, 2.45) is 4.99 Å². The molecule has 3 amide bonds. The predicted octanol–water partition coefficient (Wildman–Crippen LogP) is 4.46. The number of aromatic nitrogens is 1. The fraction of sp³-hybridized carbons (Fsp3) is 0.296. The molecule has 12 heteroatoms. The van der Waals surface area contributed by atoms with Crippen molar-refractivity contribution in [1.82, 2.24) is 20.1 Å². The lowest BCUT2D eigenvalue weighted by Crippen LogP contribution is -2.55. The van der Waals surface area contributed by atoms with E-state index >= 15 is 0 Å². The number of aromatic amines is 1. The Hall–Kier alpha value is -4.38. The molecule has 2 aliphatic heterocycles. The third-order valence-electron chi connectivity index (χ3n) is 6.51. The second kappa shape index (κ2) is 10.8. The Kier molecular flexibility index (Phi) is 7.25. The molecule has 2 atom stereocenters. The first kappa shape index (κ1) is 26.2. The van der Waals surface area contributed by atoms with Crippen molar-refractivity contribution in [2.45, 2.75) is 32.0 Å². The van der Waals surface area contributed by atoms with Gasteiger partial charge in [-0.05, 0) is 49.7 Å². The normalized spacial score (nSPS) is 19.2. The molecule has 2 unspecified atom stereocenters. The molecule has 1 aromatic heterocycles. The second-order valence-electron chi connectivity index (χ2n) is 9.55. The Morgan fingerprint density at radius 1 is 1.21 bits per heavy atom. The highest BCUT2D eigenvalue weighted by atomic mass is 35.5. The average Bonchev–Trinajstić information content (AvgIpc) is 3.56. The van der Waals surface area contributed by atoms with E-state index in [1.165, 1.54) is 17.0 Å². The van der Waals surface area contributed by atoms with Crippen molar-refractivity contribution in [1.29, 1.82) is 0 Å². The van der Waals surface area contributed by atoms with Crippen LogP contribution in [0.15, 0.2) is 65.8 Å². The summed E-state index contributed by atoms with van der Waals surface area (Å²) in [5, 5.41) is 14.9. The van der Waals surface area contributed by atoms with Gasteiger partial charge >= 0.3 is 6.03 Å². The lowest BCUT2D eigenvalue weighted by molar-refractivity contribution is -0.384. The van der Waals surface area contributed by atoms with Gasteiger partial charge in [0.2, 0.25) is 5.91 Å². The van der Waals surface area contributed by atoms with Gasteiger partial charge in [0.15, 0.2) is 0 Å². The Morgan fingerprint density at radius 3 is 2.62 bits per heavy atom. The molecule has 0 aliphatic carbocycles. The van der Waals surface area contributed by atoms with Gasteiger partial charge < -0.3 is 19.9 Å². The molecule has 2 aromatic carbocycles. The smallest absolute Gasteiger partial charge is 0.326 e. The molecule has 202 valence electrons. The van der Waals surface area contributed by atoms with Crippen LogP contribution < -0.4 is 10.1 Å². The van der Waals surface area contributed by atoms with Crippen LogP contribution >= 0.6 is 11.6 Å². The molecule has 3 aromatic rings. The number of ether oxygens (including phenoxy) is 1. The number of piperazine rings is 1. The number of nitro benzene ring substituents is 1. The Labute approximate surface area is 229 Å². The number of nitrogens with one attached hydrogen (secondary N) is 2. The number of benzene rings is 2. The lowest BCUT2D eigenvalue weighted by Gasteiger charge is -2.35. The van der Waals surface area contributed by atoms with Crippen LogP contribution in [0.1, 0.15) is 42.8 Å². The fourth-order valence-electron chi connectivity index (χ4n) is 4.82. The first-order chi connectivity index (χ1) is 18.7. The van der Waals surface area contributed by atoms with Crippen LogP contribution in [0.5, 0.6) is 5.75 Å². The number of aliphatic imine (C=N–C) groups is 1. The molecule has 3 heterocycles. The fourth-order valence-corrected chi connectivity index (χ4v) is 4.94. The largest absolute Gasteiger partial charge is 0.490 e. The van der Waals surface area contributed by atoms with Crippen molar-refractivity contribution in [2.75, 3.05) is 19.6 Å². The zero-order valence-corrected chi connectivity index (χ0v) is 22.1. The van der Waals surface area contributed by atoms with Crippen LogP contribution in [0.2, 0.25) is 5.02 Å². The van der Waals surface area contributed by atoms with Gasteiger partial charge in [0.1, 0.15) is 30.2 Å². The van der Waals surface area contributed by atoms with Crippen molar-refractivity contribution in [3.63, 3.8) is 0 Å². The number of halogens is 1. The molecule has 5 rings (SSSR count). The molecule has 0 radical (unpaired) electrons. The number of amides is 3. The first-order valence-electron chi connectivity index (χ1n) is 12.5. The molecule has 0 saturated carbocycles. The third kappa shape index (κ3) is 5.30. The van der Waals surface area contributed by atoms with E-state index in [1.807, 2.05) is 38.1 Å². The second-order valence-corrected chi connectivity index (χ2v) is 9.98. The Balaban J connectivity index is 1.70. The summed E-state index contributed by atoms with van der Waals surface area (Å²) in [6.07, 6.45) is 1.47. The standard InChI is InChI=1S/C27H27ClN6O5/c1-16(2)39-22-14-19(34(37)38)9-10-20(22)26-31-24(17-5-7-18(28)8-6-17)25(21-4-3-11-29-21)33(26)27(36)32-13-12-30-23(35)15-32/h3-11,14,16,24-25,29H,12-13,15H2,1-2H3,(H,30,35). The minimum absolute atomic E-state index is 0.0959.